The Kier molecular flexibility index (Phi) is 19.1. The van der Waals surface area contributed by atoms with Gasteiger partial charge >= 0.3 is 5.97 Å². The third-order valence-corrected chi connectivity index (χ3v) is 4.63. The monoisotopic (exact) mass is 425 g/mol. The molecular formula is C20H38N2NaO6. The second kappa shape index (κ2) is 18.1. The average molecular weight is 426 g/mol. The van der Waals surface area contributed by atoms with E-state index in [0.717, 1.165) is 19.3 Å². The Morgan fingerprint density at radius 3 is 1.62 bits per heavy atom. The van der Waals surface area contributed by atoms with Crippen LogP contribution in [0.2, 0.25) is 0 Å². The Morgan fingerprint density at radius 1 is 0.759 bits per heavy atom. The first kappa shape index (κ1) is 30.5. The molecule has 2 amide bonds. The van der Waals surface area contributed by atoms with Crippen molar-refractivity contribution < 1.29 is 29.7 Å². The van der Waals surface area contributed by atoms with Crippen LogP contribution < -0.4 is 10.6 Å². The van der Waals surface area contributed by atoms with Gasteiger partial charge in [-0.05, 0) is 20.3 Å². The first-order valence-electron chi connectivity index (χ1n) is 10.4. The van der Waals surface area contributed by atoms with E-state index in [0.29, 0.717) is 6.42 Å². The summed E-state index contributed by atoms with van der Waals surface area (Å²) in [6.45, 7) is 4.76. The number of amides is 2. The molecule has 0 aromatic heterocycles. The van der Waals surface area contributed by atoms with Crippen LogP contribution in [0.15, 0.2) is 0 Å². The summed E-state index contributed by atoms with van der Waals surface area (Å²) in [4.78, 5) is 35.3. The van der Waals surface area contributed by atoms with Crippen LogP contribution in [0.4, 0.5) is 0 Å². The van der Waals surface area contributed by atoms with Gasteiger partial charge in [-0.25, -0.2) is 4.79 Å². The first-order valence-corrected chi connectivity index (χ1v) is 10.4. The molecule has 0 aromatic carbocycles. The summed E-state index contributed by atoms with van der Waals surface area (Å²) in [5.74, 6) is -2.61. The van der Waals surface area contributed by atoms with Crippen LogP contribution in [0, 0.1) is 0 Å². The largest absolute Gasteiger partial charge is 0.480 e. The maximum absolute atomic E-state index is 12.2. The van der Waals surface area contributed by atoms with Gasteiger partial charge in [0.1, 0.15) is 6.04 Å². The predicted octanol–water partition coefficient (Wildman–Crippen LogP) is 1.34. The maximum atomic E-state index is 12.2. The van der Waals surface area contributed by atoms with Crippen molar-refractivity contribution >= 4 is 47.3 Å². The van der Waals surface area contributed by atoms with Gasteiger partial charge in [0.2, 0.25) is 11.8 Å². The van der Waals surface area contributed by atoms with E-state index in [-0.39, 0.29) is 41.9 Å². The smallest absolute Gasteiger partial charge is 0.328 e. The van der Waals surface area contributed by atoms with E-state index in [1.54, 1.807) is 0 Å². The Hall–Kier alpha value is -0.670. The number of hydrogen-bond acceptors (Lipinski definition) is 5. The molecule has 0 saturated carbocycles. The van der Waals surface area contributed by atoms with Crippen molar-refractivity contribution in [3.05, 3.63) is 0 Å². The van der Waals surface area contributed by atoms with E-state index in [1.165, 1.54) is 46.0 Å². The molecular weight excluding hydrogens is 387 g/mol. The van der Waals surface area contributed by atoms with Crippen molar-refractivity contribution in [1.82, 2.24) is 10.6 Å². The van der Waals surface area contributed by atoms with Crippen LogP contribution in [0.25, 0.3) is 0 Å². The Balaban J connectivity index is 0. The summed E-state index contributed by atoms with van der Waals surface area (Å²) in [6.07, 6.45) is 7.83. The molecule has 0 rings (SSSR count). The van der Waals surface area contributed by atoms with E-state index < -0.39 is 36.2 Å². The summed E-state index contributed by atoms with van der Waals surface area (Å²) >= 11 is 0. The van der Waals surface area contributed by atoms with Crippen molar-refractivity contribution in [2.75, 3.05) is 0 Å². The second-order valence-corrected chi connectivity index (χ2v) is 7.43. The van der Waals surface area contributed by atoms with Gasteiger partial charge in [0.05, 0.1) is 12.2 Å². The molecule has 0 aliphatic heterocycles. The fourth-order valence-corrected chi connectivity index (χ4v) is 2.88. The standard InChI is InChI=1S/C20H38N2O6.Na/c1-4-5-6-7-8-9-10-11-12-13-16(25)21-17(14(2)23)19(26)22-18(15(3)24)20(27)28;/h14-15,17-18,23-24H,4-13H2,1-3H3,(H,21,25)(H,22,26)(H,27,28);/t14-,15-,17+,18+;/m1./s1. The van der Waals surface area contributed by atoms with Crippen molar-refractivity contribution in [3.63, 3.8) is 0 Å². The van der Waals surface area contributed by atoms with E-state index >= 15 is 0 Å². The summed E-state index contributed by atoms with van der Waals surface area (Å²) in [7, 11) is 0. The zero-order valence-corrected chi connectivity index (χ0v) is 20.4. The van der Waals surface area contributed by atoms with Gasteiger partial charge < -0.3 is 26.0 Å². The van der Waals surface area contributed by atoms with Gasteiger partial charge in [0, 0.05) is 36.0 Å². The number of aliphatic hydroxyl groups excluding tert-OH is 2. The van der Waals surface area contributed by atoms with Crippen LogP contribution >= 0.6 is 0 Å². The molecule has 1 radical (unpaired) electrons. The molecule has 0 unspecified atom stereocenters. The summed E-state index contributed by atoms with van der Waals surface area (Å²) < 4.78 is 0. The molecule has 8 nitrogen and oxygen atoms in total. The Bertz CT molecular complexity index is 474. The average Bonchev–Trinajstić information content (AvgIpc) is 2.61. The molecule has 5 N–H and O–H groups in total. The minimum Gasteiger partial charge on any atom is -0.480 e. The summed E-state index contributed by atoms with van der Waals surface area (Å²) in [5, 5.41) is 32.8. The number of aliphatic carboxylic acids is 1. The van der Waals surface area contributed by atoms with Gasteiger partial charge in [-0.2, -0.15) is 0 Å². The fourth-order valence-electron chi connectivity index (χ4n) is 2.88. The molecule has 4 atom stereocenters. The van der Waals surface area contributed by atoms with Gasteiger partial charge in [-0.15, -0.1) is 0 Å². The van der Waals surface area contributed by atoms with Gasteiger partial charge in [-0.1, -0.05) is 58.3 Å². The minimum atomic E-state index is -1.51. The third kappa shape index (κ3) is 14.9. The third-order valence-electron chi connectivity index (χ3n) is 4.63. The Morgan fingerprint density at radius 2 is 1.21 bits per heavy atom. The number of carboxylic acid groups (broad SMARTS) is 1. The van der Waals surface area contributed by atoms with Crippen LogP contribution in [0.5, 0.6) is 0 Å². The molecule has 0 bridgehead atoms. The van der Waals surface area contributed by atoms with Crippen molar-refractivity contribution in [2.24, 2.45) is 0 Å². The van der Waals surface area contributed by atoms with Crippen molar-refractivity contribution in [2.45, 2.75) is 109 Å². The Labute approximate surface area is 196 Å². The first-order chi connectivity index (χ1) is 13.2. The van der Waals surface area contributed by atoms with E-state index in [4.69, 9.17) is 5.11 Å². The van der Waals surface area contributed by atoms with Gasteiger partial charge in [-0.3, -0.25) is 9.59 Å². The fraction of sp³-hybridized carbons (Fsp3) is 0.850. The predicted molar refractivity (Wildman–Crippen MR) is 112 cm³/mol. The van der Waals surface area contributed by atoms with Crippen molar-refractivity contribution in [1.29, 1.82) is 0 Å². The molecule has 0 fully saturated rings. The van der Waals surface area contributed by atoms with E-state index in [1.807, 2.05) is 0 Å². The SMILES string of the molecule is CCCCCCCCCCCC(=O)N[C@H](C(=O)N[C@H](C(=O)O)[C@@H](C)O)[C@@H](C)O.[Na]. The molecule has 0 saturated heterocycles. The number of carbonyl (C=O) groups is 3. The zero-order chi connectivity index (χ0) is 21.5. The molecule has 165 valence electrons. The number of carbonyl (C=O) groups excluding carboxylic acids is 2. The van der Waals surface area contributed by atoms with E-state index in [9.17, 15) is 24.6 Å². The van der Waals surface area contributed by atoms with Crippen LogP contribution in [0.3, 0.4) is 0 Å². The molecule has 0 aliphatic carbocycles. The van der Waals surface area contributed by atoms with E-state index in [2.05, 4.69) is 17.6 Å². The van der Waals surface area contributed by atoms with Gasteiger partial charge in [0.15, 0.2) is 6.04 Å². The number of rotatable bonds is 16. The minimum absolute atomic E-state index is 0. The molecule has 29 heavy (non-hydrogen) atoms. The van der Waals surface area contributed by atoms with Crippen molar-refractivity contribution in [3.8, 4) is 0 Å². The van der Waals surface area contributed by atoms with Crippen LogP contribution in [-0.2, 0) is 14.4 Å². The topological polar surface area (TPSA) is 136 Å². The number of aliphatic hydroxyl groups is 2. The molecule has 0 heterocycles. The zero-order valence-electron chi connectivity index (χ0n) is 18.4. The second-order valence-electron chi connectivity index (χ2n) is 7.43. The molecule has 0 aliphatic rings. The van der Waals surface area contributed by atoms with Crippen LogP contribution in [-0.4, -0.2) is 87.0 Å². The number of carboxylic acids is 1. The van der Waals surface area contributed by atoms with Gasteiger partial charge in [0.25, 0.3) is 0 Å². The molecule has 0 aromatic rings. The summed E-state index contributed by atoms with van der Waals surface area (Å²) in [5.41, 5.74) is 0. The summed E-state index contributed by atoms with van der Waals surface area (Å²) in [6, 6.07) is -2.78. The quantitative estimate of drug-likeness (QED) is 0.187. The molecule has 0 spiro atoms. The normalized spacial score (nSPS) is 14.8. The number of unbranched alkanes of at least 4 members (excludes halogenated alkanes) is 8. The number of nitrogens with one attached hydrogen (secondary N) is 2. The van der Waals surface area contributed by atoms with Crippen LogP contribution in [0.1, 0.15) is 85.0 Å². The number of hydrogen-bond donors (Lipinski definition) is 5. The maximum Gasteiger partial charge on any atom is 0.328 e. The molecule has 9 heteroatoms.